The predicted octanol–water partition coefficient (Wildman–Crippen LogP) is 4.42. The molecule has 3 aliphatic carbocycles. The van der Waals surface area contributed by atoms with Gasteiger partial charge in [-0.25, -0.2) is 0 Å². The van der Waals surface area contributed by atoms with Crippen molar-refractivity contribution in [2.45, 2.75) is 97.2 Å². The van der Waals surface area contributed by atoms with Crippen LogP contribution in [0.25, 0.3) is 0 Å². The van der Waals surface area contributed by atoms with Gasteiger partial charge in [0.25, 0.3) is 0 Å². The molecule has 184 valence electrons. The van der Waals surface area contributed by atoms with Crippen molar-refractivity contribution in [3.63, 3.8) is 0 Å². The lowest BCUT2D eigenvalue weighted by atomic mass is 9.51. The second-order valence-electron chi connectivity index (χ2n) is 11.3. The standard InChI is InChI=1S/C27H42N2O4/c1-17(25(31)28-16-20-10-7-15-33-20)21-11-13-27(3)14-12-22(18(2)23(27)24(21)30)29-26(32)19-8-5-4-6-9-19/h7,10,15,17-19,21-24,30H,4-6,8-9,11-14,16H2,1-3H3,(H,28,31)(H,29,32)/t17-,18-,21-,22-,23+,24-,27+/m0/s1. The van der Waals surface area contributed by atoms with Gasteiger partial charge in [0.05, 0.1) is 18.9 Å². The first kappa shape index (κ1) is 24.3. The fraction of sp³-hybridized carbons (Fsp3) is 0.778. The molecule has 33 heavy (non-hydrogen) atoms. The molecule has 3 fully saturated rings. The Kier molecular flexibility index (Phi) is 7.52. The van der Waals surface area contributed by atoms with Gasteiger partial charge in [0, 0.05) is 17.9 Å². The van der Waals surface area contributed by atoms with Crippen LogP contribution in [0.4, 0.5) is 0 Å². The molecule has 0 unspecified atom stereocenters. The van der Waals surface area contributed by atoms with Crippen LogP contribution in [0.5, 0.6) is 0 Å². The number of carbonyl (C=O) groups is 2. The van der Waals surface area contributed by atoms with Gasteiger partial charge >= 0.3 is 0 Å². The average molecular weight is 459 g/mol. The normalized spacial score (nSPS) is 35.9. The predicted molar refractivity (Wildman–Crippen MR) is 127 cm³/mol. The van der Waals surface area contributed by atoms with E-state index in [1.54, 1.807) is 6.26 Å². The summed E-state index contributed by atoms with van der Waals surface area (Å²) in [6.07, 6.45) is 10.5. The zero-order chi connectivity index (χ0) is 23.6. The van der Waals surface area contributed by atoms with Crippen LogP contribution in [0.3, 0.4) is 0 Å². The summed E-state index contributed by atoms with van der Waals surface area (Å²) in [6, 6.07) is 3.76. The molecule has 0 aromatic carbocycles. The van der Waals surface area contributed by atoms with Crippen molar-refractivity contribution in [1.82, 2.24) is 10.6 Å². The lowest BCUT2D eigenvalue weighted by molar-refractivity contribution is -0.144. The monoisotopic (exact) mass is 458 g/mol. The minimum Gasteiger partial charge on any atom is -0.467 e. The zero-order valence-electron chi connectivity index (χ0n) is 20.5. The van der Waals surface area contributed by atoms with Gasteiger partial charge in [-0.1, -0.05) is 40.0 Å². The Labute approximate surface area is 198 Å². The van der Waals surface area contributed by atoms with Crippen LogP contribution < -0.4 is 10.6 Å². The molecular weight excluding hydrogens is 416 g/mol. The highest BCUT2D eigenvalue weighted by molar-refractivity contribution is 5.79. The Morgan fingerprint density at radius 2 is 1.91 bits per heavy atom. The van der Waals surface area contributed by atoms with Gasteiger partial charge in [-0.2, -0.15) is 0 Å². The highest BCUT2D eigenvalue weighted by Crippen LogP contribution is 2.55. The van der Waals surface area contributed by atoms with Crippen molar-refractivity contribution in [3.05, 3.63) is 24.2 Å². The van der Waals surface area contributed by atoms with Crippen LogP contribution in [0.1, 0.15) is 84.3 Å². The van der Waals surface area contributed by atoms with E-state index in [0.29, 0.717) is 6.54 Å². The summed E-state index contributed by atoms with van der Waals surface area (Å²) >= 11 is 0. The van der Waals surface area contributed by atoms with Crippen molar-refractivity contribution in [1.29, 1.82) is 0 Å². The third-order valence-corrected chi connectivity index (χ3v) is 9.26. The van der Waals surface area contributed by atoms with Crippen molar-refractivity contribution in [3.8, 4) is 0 Å². The second-order valence-corrected chi connectivity index (χ2v) is 11.3. The van der Waals surface area contributed by atoms with Crippen LogP contribution in [-0.4, -0.2) is 29.1 Å². The minimum atomic E-state index is -0.544. The summed E-state index contributed by atoms with van der Waals surface area (Å²) in [5.41, 5.74) is 0.0613. The molecule has 0 radical (unpaired) electrons. The van der Waals surface area contributed by atoms with E-state index < -0.39 is 6.10 Å². The Hall–Kier alpha value is -1.82. The largest absolute Gasteiger partial charge is 0.467 e. The van der Waals surface area contributed by atoms with E-state index in [1.807, 2.05) is 19.1 Å². The second kappa shape index (κ2) is 10.2. The molecule has 1 heterocycles. The van der Waals surface area contributed by atoms with E-state index in [2.05, 4.69) is 24.5 Å². The molecule has 6 heteroatoms. The number of carbonyl (C=O) groups excluding carboxylic acids is 2. The lowest BCUT2D eigenvalue weighted by Crippen LogP contribution is -2.59. The Balaban J connectivity index is 1.40. The molecule has 3 saturated carbocycles. The SMILES string of the molecule is C[C@@H]1[C@@H]2[C@@H](O)[C@H]([C@H](C)C(=O)NCc3ccco3)CC[C@]2(C)CC[C@@H]1NC(=O)C1CCCCC1. The number of nitrogens with one attached hydrogen (secondary N) is 2. The number of aliphatic hydroxyl groups is 1. The maximum absolute atomic E-state index is 12.9. The Bertz CT molecular complexity index is 803. The third-order valence-electron chi connectivity index (χ3n) is 9.26. The molecule has 4 rings (SSSR count). The number of hydrogen-bond acceptors (Lipinski definition) is 4. The zero-order valence-corrected chi connectivity index (χ0v) is 20.5. The van der Waals surface area contributed by atoms with Crippen LogP contribution >= 0.6 is 0 Å². The average Bonchev–Trinajstić information content (AvgIpc) is 3.33. The first-order chi connectivity index (χ1) is 15.8. The third kappa shape index (κ3) is 5.16. The summed E-state index contributed by atoms with van der Waals surface area (Å²) in [6.45, 7) is 6.80. The summed E-state index contributed by atoms with van der Waals surface area (Å²) in [5, 5.41) is 17.9. The van der Waals surface area contributed by atoms with Crippen LogP contribution in [0.15, 0.2) is 22.8 Å². The minimum absolute atomic E-state index is 0.0373. The van der Waals surface area contributed by atoms with Crippen LogP contribution in [0.2, 0.25) is 0 Å². The number of amides is 2. The molecule has 7 atom stereocenters. The fourth-order valence-corrected chi connectivity index (χ4v) is 7.11. The fourth-order valence-electron chi connectivity index (χ4n) is 7.11. The molecule has 3 N–H and O–H groups in total. The van der Waals surface area contributed by atoms with Crippen molar-refractivity contribution in [2.75, 3.05) is 0 Å². The van der Waals surface area contributed by atoms with E-state index in [0.717, 1.165) is 57.1 Å². The molecule has 0 aliphatic heterocycles. The van der Waals surface area contributed by atoms with Crippen LogP contribution in [-0.2, 0) is 16.1 Å². The van der Waals surface area contributed by atoms with E-state index in [-0.39, 0.29) is 52.9 Å². The summed E-state index contributed by atoms with van der Waals surface area (Å²) < 4.78 is 5.32. The number of furan rings is 1. The van der Waals surface area contributed by atoms with Gasteiger partial charge in [0.1, 0.15) is 5.76 Å². The highest BCUT2D eigenvalue weighted by atomic mass is 16.3. The lowest BCUT2D eigenvalue weighted by Gasteiger charge is -2.56. The maximum Gasteiger partial charge on any atom is 0.223 e. The van der Waals surface area contributed by atoms with E-state index in [1.165, 1.54) is 6.42 Å². The number of fused-ring (bicyclic) bond motifs is 1. The van der Waals surface area contributed by atoms with Crippen molar-refractivity contribution in [2.24, 2.45) is 35.0 Å². The smallest absolute Gasteiger partial charge is 0.223 e. The van der Waals surface area contributed by atoms with E-state index in [4.69, 9.17) is 4.42 Å². The topological polar surface area (TPSA) is 91.6 Å². The Morgan fingerprint density at radius 1 is 1.18 bits per heavy atom. The molecule has 6 nitrogen and oxygen atoms in total. The van der Waals surface area contributed by atoms with Gasteiger partial charge in [-0.15, -0.1) is 0 Å². The molecule has 0 saturated heterocycles. The van der Waals surface area contributed by atoms with E-state index >= 15 is 0 Å². The molecule has 1 aromatic heterocycles. The summed E-state index contributed by atoms with van der Waals surface area (Å²) in [5.74, 6) is 0.978. The summed E-state index contributed by atoms with van der Waals surface area (Å²) in [4.78, 5) is 25.8. The van der Waals surface area contributed by atoms with Gasteiger partial charge in [-0.3, -0.25) is 9.59 Å². The van der Waals surface area contributed by atoms with Crippen LogP contribution in [0, 0.1) is 35.0 Å². The molecule has 2 amide bonds. The number of rotatable bonds is 6. The maximum atomic E-state index is 12.9. The van der Waals surface area contributed by atoms with Gasteiger partial charge in [0.15, 0.2) is 0 Å². The van der Waals surface area contributed by atoms with Crippen molar-refractivity contribution >= 4 is 11.8 Å². The molecule has 0 spiro atoms. The number of aliphatic hydroxyl groups excluding tert-OH is 1. The summed E-state index contributed by atoms with van der Waals surface area (Å²) in [7, 11) is 0. The highest BCUT2D eigenvalue weighted by Gasteiger charge is 2.54. The molecule has 0 bridgehead atoms. The molecular formula is C27H42N2O4. The quantitative estimate of drug-likeness (QED) is 0.588. The van der Waals surface area contributed by atoms with Gasteiger partial charge in [0.2, 0.25) is 11.8 Å². The van der Waals surface area contributed by atoms with E-state index in [9.17, 15) is 14.7 Å². The number of hydrogen-bond donors (Lipinski definition) is 3. The first-order valence-electron chi connectivity index (χ1n) is 13.1. The van der Waals surface area contributed by atoms with Gasteiger partial charge in [-0.05, 0) is 73.8 Å². The molecule has 1 aromatic rings. The Morgan fingerprint density at radius 3 is 2.61 bits per heavy atom. The first-order valence-corrected chi connectivity index (χ1v) is 13.1. The van der Waals surface area contributed by atoms with Crippen molar-refractivity contribution < 1.29 is 19.1 Å². The van der Waals surface area contributed by atoms with Gasteiger partial charge < -0.3 is 20.2 Å². The molecule has 3 aliphatic rings.